The lowest BCUT2D eigenvalue weighted by atomic mass is 10.1. The lowest BCUT2D eigenvalue weighted by Crippen LogP contribution is -1.93. The molecular weight excluding hydrogens is 202 g/mol. The molecule has 1 aromatic heterocycles. The maximum Gasteiger partial charge on any atom is 0.168 e. The highest BCUT2D eigenvalue weighted by molar-refractivity contribution is 5.73. The number of methoxy groups -OCH3 is 2. The summed E-state index contributed by atoms with van der Waals surface area (Å²) in [5.41, 5.74) is 2.06. The number of hydrogen-bond acceptors (Lipinski definition) is 3. The smallest absolute Gasteiger partial charge is 0.168 e. The Morgan fingerprint density at radius 3 is 2.31 bits per heavy atom. The Kier molecular flexibility index (Phi) is 3.05. The molecule has 0 unspecified atom stereocenters. The summed E-state index contributed by atoms with van der Waals surface area (Å²) in [7, 11) is 3.27. The Bertz CT molecular complexity index is 469. The van der Waals surface area contributed by atoms with Gasteiger partial charge in [0, 0.05) is 18.0 Å². The molecule has 1 aromatic carbocycles. The van der Waals surface area contributed by atoms with Gasteiger partial charge in [0.15, 0.2) is 11.5 Å². The molecule has 0 spiro atoms. The number of aromatic nitrogens is 1. The first-order valence-corrected chi connectivity index (χ1v) is 4.98. The largest absolute Gasteiger partial charge is 0.493 e. The van der Waals surface area contributed by atoms with Crippen LogP contribution in [0.4, 0.5) is 0 Å². The second-order valence-electron chi connectivity index (χ2n) is 3.28. The first-order valence-electron chi connectivity index (χ1n) is 4.98. The number of benzene rings is 1. The minimum Gasteiger partial charge on any atom is -0.493 e. The molecule has 3 heteroatoms. The minimum absolute atomic E-state index is 0.733. The molecule has 0 N–H and O–H groups in total. The van der Waals surface area contributed by atoms with E-state index in [-0.39, 0.29) is 0 Å². The van der Waals surface area contributed by atoms with Crippen LogP contribution >= 0.6 is 0 Å². The van der Waals surface area contributed by atoms with Crippen LogP contribution in [0, 0.1) is 0 Å². The van der Waals surface area contributed by atoms with Crippen LogP contribution in [0.2, 0.25) is 0 Å². The van der Waals surface area contributed by atoms with Gasteiger partial charge in [-0.3, -0.25) is 4.98 Å². The average molecular weight is 215 g/mol. The van der Waals surface area contributed by atoms with Crippen LogP contribution in [0.5, 0.6) is 11.5 Å². The molecule has 0 aliphatic heterocycles. The van der Waals surface area contributed by atoms with Crippen LogP contribution in [-0.2, 0) is 0 Å². The average Bonchev–Trinajstić information content (AvgIpc) is 2.38. The van der Waals surface area contributed by atoms with E-state index < -0.39 is 0 Å². The van der Waals surface area contributed by atoms with Gasteiger partial charge in [0.25, 0.3) is 0 Å². The molecule has 0 aliphatic carbocycles. The first kappa shape index (κ1) is 10.5. The van der Waals surface area contributed by atoms with Crippen molar-refractivity contribution in [2.24, 2.45) is 0 Å². The second-order valence-corrected chi connectivity index (χ2v) is 3.28. The third-order valence-electron chi connectivity index (χ3n) is 2.39. The third kappa shape index (κ3) is 1.84. The van der Waals surface area contributed by atoms with E-state index in [1.54, 1.807) is 26.6 Å². The van der Waals surface area contributed by atoms with Crippen molar-refractivity contribution in [3.63, 3.8) is 0 Å². The molecular formula is C13H13NO2. The Hall–Kier alpha value is -2.03. The fourth-order valence-electron chi connectivity index (χ4n) is 1.65. The van der Waals surface area contributed by atoms with E-state index in [9.17, 15) is 0 Å². The Labute approximate surface area is 94.7 Å². The summed E-state index contributed by atoms with van der Waals surface area (Å²) < 4.78 is 10.6. The highest BCUT2D eigenvalue weighted by Crippen LogP contribution is 2.37. The molecule has 0 bridgehead atoms. The first-order chi connectivity index (χ1) is 7.86. The molecule has 0 atom stereocenters. The van der Waals surface area contributed by atoms with Gasteiger partial charge in [-0.15, -0.1) is 0 Å². The van der Waals surface area contributed by atoms with E-state index in [1.165, 1.54) is 0 Å². The van der Waals surface area contributed by atoms with Crippen molar-refractivity contribution in [1.82, 2.24) is 4.98 Å². The van der Waals surface area contributed by atoms with Gasteiger partial charge < -0.3 is 9.47 Å². The normalized spacial score (nSPS) is 9.88. The summed E-state index contributed by atoms with van der Waals surface area (Å²) in [5, 5.41) is 0. The van der Waals surface area contributed by atoms with E-state index >= 15 is 0 Å². The molecule has 1 heterocycles. The molecule has 0 fully saturated rings. The molecule has 2 aromatic rings. The van der Waals surface area contributed by atoms with E-state index in [4.69, 9.17) is 9.47 Å². The summed E-state index contributed by atoms with van der Waals surface area (Å²) in [5.74, 6) is 1.48. The van der Waals surface area contributed by atoms with Crippen molar-refractivity contribution in [2.75, 3.05) is 14.2 Å². The minimum atomic E-state index is 0.733. The van der Waals surface area contributed by atoms with E-state index in [2.05, 4.69) is 4.98 Å². The van der Waals surface area contributed by atoms with Crippen molar-refractivity contribution in [3.8, 4) is 22.6 Å². The van der Waals surface area contributed by atoms with Crippen LogP contribution in [0.15, 0.2) is 42.7 Å². The van der Waals surface area contributed by atoms with Crippen molar-refractivity contribution < 1.29 is 9.47 Å². The quantitative estimate of drug-likeness (QED) is 0.788. The number of ether oxygens (including phenoxy) is 2. The van der Waals surface area contributed by atoms with Crippen LogP contribution in [0.1, 0.15) is 0 Å². The summed E-state index contributed by atoms with van der Waals surface area (Å²) in [6.45, 7) is 0. The molecule has 0 radical (unpaired) electrons. The van der Waals surface area contributed by atoms with Crippen molar-refractivity contribution in [2.45, 2.75) is 0 Å². The highest BCUT2D eigenvalue weighted by atomic mass is 16.5. The lowest BCUT2D eigenvalue weighted by molar-refractivity contribution is 0.356. The second kappa shape index (κ2) is 4.66. The van der Waals surface area contributed by atoms with E-state index in [1.807, 2.05) is 30.3 Å². The number of pyridine rings is 1. The zero-order chi connectivity index (χ0) is 11.4. The fraction of sp³-hybridized carbons (Fsp3) is 0.154. The summed E-state index contributed by atoms with van der Waals surface area (Å²) in [4.78, 5) is 4.00. The summed E-state index contributed by atoms with van der Waals surface area (Å²) >= 11 is 0. The molecule has 3 nitrogen and oxygen atoms in total. The Morgan fingerprint density at radius 2 is 1.69 bits per heavy atom. The SMILES string of the molecule is COc1cccc(-c2ccncc2)c1OC. The molecule has 0 amide bonds. The van der Waals surface area contributed by atoms with E-state index in [0.29, 0.717) is 0 Å². The summed E-state index contributed by atoms with van der Waals surface area (Å²) in [6.07, 6.45) is 3.52. The Balaban J connectivity index is 2.57. The number of rotatable bonds is 3. The zero-order valence-corrected chi connectivity index (χ0v) is 9.31. The van der Waals surface area contributed by atoms with Gasteiger partial charge >= 0.3 is 0 Å². The van der Waals surface area contributed by atoms with Crippen molar-refractivity contribution in [3.05, 3.63) is 42.7 Å². The molecule has 82 valence electrons. The van der Waals surface area contributed by atoms with Gasteiger partial charge in [-0.2, -0.15) is 0 Å². The monoisotopic (exact) mass is 215 g/mol. The number of nitrogens with zero attached hydrogens (tertiary/aromatic N) is 1. The predicted octanol–water partition coefficient (Wildman–Crippen LogP) is 2.77. The topological polar surface area (TPSA) is 31.4 Å². The van der Waals surface area contributed by atoms with Gasteiger partial charge in [0.05, 0.1) is 14.2 Å². The molecule has 0 aliphatic rings. The maximum absolute atomic E-state index is 5.38. The van der Waals surface area contributed by atoms with Gasteiger partial charge in [-0.05, 0) is 23.8 Å². The van der Waals surface area contributed by atoms with Gasteiger partial charge in [0.2, 0.25) is 0 Å². The molecule has 0 saturated carbocycles. The molecule has 2 rings (SSSR count). The van der Waals surface area contributed by atoms with E-state index in [0.717, 1.165) is 22.6 Å². The summed E-state index contributed by atoms with van der Waals surface area (Å²) in [6, 6.07) is 9.70. The lowest BCUT2D eigenvalue weighted by Gasteiger charge is -2.12. The van der Waals surface area contributed by atoms with Gasteiger partial charge in [-0.25, -0.2) is 0 Å². The fourth-order valence-corrected chi connectivity index (χ4v) is 1.65. The van der Waals surface area contributed by atoms with Gasteiger partial charge in [0.1, 0.15) is 0 Å². The Morgan fingerprint density at radius 1 is 0.938 bits per heavy atom. The number of para-hydroxylation sites is 1. The van der Waals surface area contributed by atoms with Crippen LogP contribution < -0.4 is 9.47 Å². The molecule has 16 heavy (non-hydrogen) atoms. The van der Waals surface area contributed by atoms with Gasteiger partial charge in [-0.1, -0.05) is 12.1 Å². The van der Waals surface area contributed by atoms with Crippen LogP contribution in [-0.4, -0.2) is 19.2 Å². The zero-order valence-electron chi connectivity index (χ0n) is 9.31. The van der Waals surface area contributed by atoms with Crippen LogP contribution in [0.25, 0.3) is 11.1 Å². The highest BCUT2D eigenvalue weighted by Gasteiger charge is 2.10. The van der Waals surface area contributed by atoms with Crippen molar-refractivity contribution >= 4 is 0 Å². The maximum atomic E-state index is 5.38. The standard InChI is InChI=1S/C13H13NO2/c1-15-12-5-3-4-11(13(12)16-2)10-6-8-14-9-7-10/h3-9H,1-2H3. The number of hydrogen-bond donors (Lipinski definition) is 0. The van der Waals surface area contributed by atoms with Crippen LogP contribution in [0.3, 0.4) is 0 Å². The molecule has 0 saturated heterocycles. The van der Waals surface area contributed by atoms with Crippen molar-refractivity contribution in [1.29, 1.82) is 0 Å². The third-order valence-corrected chi connectivity index (χ3v) is 2.39. The predicted molar refractivity (Wildman–Crippen MR) is 62.8 cm³/mol.